The number of carbonyl (C=O) groups is 2. The van der Waals surface area contributed by atoms with Gasteiger partial charge in [0, 0.05) is 11.8 Å². The van der Waals surface area contributed by atoms with Gasteiger partial charge in [-0.1, -0.05) is 12.1 Å². The van der Waals surface area contributed by atoms with Crippen LogP contribution >= 0.6 is 0 Å². The number of phenols is 1. The van der Waals surface area contributed by atoms with Gasteiger partial charge in [0.2, 0.25) is 0 Å². The van der Waals surface area contributed by atoms with E-state index >= 15 is 0 Å². The fourth-order valence-electron chi connectivity index (χ4n) is 1.67. The molecular weight excluding hydrogens is 246 g/mol. The van der Waals surface area contributed by atoms with Gasteiger partial charge >= 0.3 is 5.97 Å². The van der Waals surface area contributed by atoms with E-state index in [-0.39, 0.29) is 29.4 Å². The lowest BCUT2D eigenvalue weighted by molar-refractivity contribution is 0.0520. The third-order valence-electron chi connectivity index (χ3n) is 2.59. The molecule has 5 heteroatoms. The monoisotopic (exact) mass is 259 g/mol. The van der Waals surface area contributed by atoms with E-state index in [1.807, 2.05) is 0 Å². The van der Waals surface area contributed by atoms with E-state index < -0.39 is 5.97 Å². The SMILES string of the molecule is CCOC(=O)c1cc(C(=O)c2ccccc2O)c[nH]1. The molecule has 0 saturated carbocycles. The quantitative estimate of drug-likeness (QED) is 0.651. The number of phenolic OH excluding ortho intramolecular Hbond substituents is 1. The molecule has 1 aromatic carbocycles. The summed E-state index contributed by atoms with van der Waals surface area (Å²) < 4.78 is 4.82. The number of esters is 1. The number of hydrogen-bond donors (Lipinski definition) is 2. The molecule has 2 aromatic rings. The molecule has 5 nitrogen and oxygen atoms in total. The number of aromatic hydroxyl groups is 1. The molecule has 0 unspecified atom stereocenters. The van der Waals surface area contributed by atoms with Crippen LogP contribution in [-0.2, 0) is 4.74 Å². The summed E-state index contributed by atoms with van der Waals surface area (Å²) >= 11 is 0. The first kappa shape index (κ1) is 12.9. The van der Waals surface area contributed by atoms with Crippen LogP contribution in [0.25, 0.3) is 0 Å². The second-order valence-corrected chi connectivity index (χ2v) is 3.87. The van der Waals surface area contributed by atoms with E-state index in [4.69, 9.17) is 4.74 Å². The number of ether oxygens (including phenoxy) is 1. The van der Waals surface area contributed by atoms with Gasteiger partial charge in [-0.25, -0.2) is 4.79 Å². The maximum atomic E-state index is 12.1. The van der Waals surface area contributed by atoms with Crippen LogP contribution in [0.3, 0.4) is 0 Å². The van der Waals surface area contributed by atoms with Gasteiger partial charge in [0.25, 0.3) is 0 Å². The first-order valence-corrected chi connectivity index (χ1v) is 5.81. The average Bonchev–Trinajstić information content (AvgIpc) is 2.88. The number of ketones is 1. The standard InChI is InChI=1S/C14H13NO4/c1-2-19-14(18)11-7-9(8-15-11)13(17)10-5-3-4-6-12(10)16/h3-8,15-16H,2H2,1H3. The largest absolute Gasteiger partial charge is 0.507 e. The number of nitrogens with one attached hydrogen (secondary N) is 1. The Morgan fingerprint density at radius 2 is 2.05 bits per heavy atom. The summed E-state index contributed by atoms with van der Waals surface area (Å²) in [7, 11) is 0. The van der Waals surface area contributed by atoms with Crippen molar-refractivity contribution < 1.29 is 19.4 Å². The Morgan fingerprint density at radius 3 is 2.74 bits per heavy atom. The molecule has 1 aromatic heterocycles. The minimum Gasteiger partial charge on any atom is -0.507 e. The highest BCUT2D eigenvalue weighted by atomic mass is 16.5. The normalized spacial score (nSPS) is 10.2. The van der Waals surface area contributed by atoms with Crippen LogP contribution in [-0.4, -0.2) is 28.4 Å². The molecule has 0 saturated heterocycles. The van der Waals surface area contributed by atoms with E-state index in [1.165, 1.54) is 24.4 Å². The van der Waals surface area contributed by atoms with Crippen LogP contribution in [0.15, 0.2) is 36.5 Å². The molecule has 0 amide bonds. The van der Waals surface area contributed by atoms with Crippen LogP contribution in [0.5, 0.6) is 5.75 Å². The van der Waals surface area contributed by atoms with Gasteiger partial charge in [-0.2, -0.15) is 0 Å². The molecule has 0 bridgehead atoms. The molecule has 98 valence electrons. The minimum absolute atomic E-state index is 0.0913. The van der Waals surface area contributed by atoms with Crippen molar-refractivity contribution in [1.82, 2.24) is 4.98 Å². The summed E-state index contributed by atoms with van der Waals surface area (Å²) in [5, 5.41) is 9.62. The highest BCUT2D eigenvalue weighted by Crippen LogP contribution is 2.20. The summed E-state index contributed by atoms with van der Waals surface area (Å²) in [6.07, 6.45) is 1.42. The molecule has 0 aliphatic rings. The number of aromatic nitrogens is 1. The molecular formula is C14H13NO4. The Morgan fingerprint density at radius 1 is 1.32 bits per heavy atom. The van der Waals surface area contributed by atoms with E-state index in [9.17, 15) is 14.7 Å². The Labute approximate surface area is 109 Å². The van der Waals surface area contributed by atoms with Crippen LogP contribution in [0.4, 0.5) is 0 Å². The van der Waals surface area contributed by atoms with E-state index in [2.05, 4.69) is 4.98 Å². The Hall–Kier alpha value is -2.56. The Bertz CT molecular complexity index is 615. The summed E-state index contributed by atoms with van der Waals surface area (Å²) in [6.45, 7) is 1.97. The van der Waals surface area contributed by atoms with Gasteiger partial charge in [0.05, 0.1) is 12.2 Å². The molecule has 0 aliphatic carbocycles. The van der Waals surface area contributed by atoms with E-state index in [0.29, 0.717) is 5.56 Å². The number of rotatable bonds is 4. The predicted octanol–water partition coefficient (Wildman–Crippen LogP) is 2.13. The van der Waals surface area contributed by atoms with Crippen LogP contribution in [0.1, 0.15) is 33.3 Å². The lowest BCUT2D eigenvalue weighted by Crippen LogP contribution is -2.04. The van der Waals surface area contributed by atoms with Crippen molar-refractivity contribution in [1.29, 1.82) is 0 Å². The number of para-hydroxylation sites is 1. The molecule has 2 N–H and O–H groups in total. The molecule has 2 rings (SSSR count). The fourth-order valence-corrected chi connectivity index (χ4v) is 1.67. The summed E-state index contributed by atoms with van der Waals surface area (Å²) in [5.41, 5.74) is 0.696. The molecule has 1 heterocycles. The lowest BCUT2D eigenvalue weighted by Gasteiger charge is -2.00. The lowest BCUT2D eigenvalue weighted by atomic mass is 10.0. The van der Waals surface area contributed by atoms with Crippen molar-refractivity contribution in [2.24, 2.45) is 0 Å². The van der Waals surface area contributed by atoms with Crippen LogP contribution in [0, 0.1) is 0 Å². The second-order valence-electron chi connectivity index (χ2n) is 3.87. The van der Waals surface area contributed by atoms with Crippen LogP contribution < -0.4 is 0 Å². The highest BCUT2D eigenvalue weighted by molar-refractivity contribution is 6.11. The maximum absolute atomic E-state index is 12.1. The second kappa shape index (κ2) is 5.39. The first-order valence-electron chi connectivity index (χ1n) is 5.81. The fraction of sp³-hybridized carbons (Fsp3) is 0.143. The van der Waals surface area contributed by atoms with Crippen molar-refractivity contribution in [3.8, 4) is 5.75 Å². The molecule has 0 radical (unpaired) electrons. The van der Waals surface area contributed by atoms with E-state index in [1.54, 1.807) is 19.1 Å². The van der Waals surface area contributed by atoms with Crippen molar-refractivity contribution >= 4 is 11.8 Å². The first-order chi connectivity index (χ1) is 9.13. The van der Waals surface area contributed by atoms with Gasteiger partial charge in [0.15, 0.2) is 5.78 Å². The molecule has 0 spiro atoms. The third kappa shape index (κ3) is 2.65. The maximum Gasteiger partial charge on any atom is 0.354 e. The third-order valence-corrected chi connectivity index (χ3v) is 2.59. The summed E-state index contributed by atoms with van der Waals surface area (Å²) in [4.78, 5) is 26.3. The van der Waals surface area contributed by atoms with Crippen LogP contribution in [0.2, 0.25) is 0 Å². The molecule has 0 aliphatic heterocycles. The van der Waals surface area contributed by atoms with Crippen molar-refractivity contribution in [2.45, 2.75) is 6.92 Å². The van der Waals surface area contributed by atoms with Crippen molar-refractivity contribution in [3.63, 3.8) is 0 Å². The Balaban J connectivity index is 2.26. The zero-order valence-electron chi connectivity index (χ0n) is 10.3. The van der Waals surface area contributed by atoms with Crippen molar-refractivity contribution in [3.05, 3.63) is 53.3 Å². The smallest absolute Gasteiger partial charge is 0.354 e. The zero-order valence-corrected chi connectivity index (χ0v) is 10.3. The Kier molecular flexibility index (Phi) is 3.66. The molecule has 0 fully saturated rings. The number of carbonyl (C=O) groups excluding carboxylic acids is 2. The van der Waals surface area contributed by atoms with Gasteiger partial charge in [-0.3, -0.25) is 4.79 Å². The molecule has 0 atom stereocenters. The van der Waals surface area contributed by atoms with Gasteiger partial charge in [-0.05, 0) is 25.1 Å². The summed E-state index contributed by atoms with van der Waals surface area (Å²) in [6, 6.07) is 7.66. The zero-order chi connectivity index (χ0) is 13.8. The average molecular weight is 259 g/mol. The number of hydrogen-bond acceptors (Lipinski definition) is 4. The number of H-pyrrole nitrogens is 1. The number of benzene rings is 1. The van der Waals surface area contributed by atoms with Crippen molar-refractivity contribution in [2.75, 3.05) is 6.61 Å². The highest BCUT2D eigenvalue weighted by Gasteiger charge is 2.17. The van der Waals surface area contributed by atoms with Gasteiger partial charge in [0.1, 0.15) is 11.4 Å². The van der Waals surface area contributed by atoms with Gasteiger partial charge < -0.3 is 14.8 Å². The minimum atomic E-state index is -0.515. The van der Waals surface area contributed by atoms with Gasteiger partial charge in [-0.15, -0.1) is 0 Å². The number of aromatic amines is 1. The predicted molar refractivity (Wildman–Crippen MR) is 68.3 cm³/mol. The topological polar surface area (TPSA) is 79.4 Å². The summed E-state index contributed by atoms with van der Waals surface area (Å²) in [5.74, 6) is -0.963. The molecule has 19 heavy (non-hydrogen) atoms. The van der Waals surface area contributed by atoms with E-state index in [0.717, 1.165) is 0 Å².